The van der Waals surface area contributed by atoms with Crippen LogP contribution in [0.25, 0.3) is 0 Å². The summed E-state index contributed by atoms with van der Waals surface area (Å²) in [6.07, 6.45) is 0.0770. The summed E-state index contributed by atoms with van der Waals surface area (Å²) in [6, 6.07) is 5.76. The van der Waals surface area contributed by atoms with Crippen molar-refractivity contribution in [2.24, 2.45) is 0 Å². The Balaban J connectivity index is 2.07. The van der Waals surface area contributed by atoms with Gasteiger partial charge in [-0.05, 0) is 31.5 Å². The monoisotopic (exact) mass is 321 g/mol. The number of rotatable bonds is 3. The van der Waals surface area contributed by atoms with E-state index in [9.17, 15) is 0 Å². The fourth-order valence-corrected chi connectivity index (χ4v) is 2.99. The van der Waals surface area contributed by atoms with Crippen molar-refractivity contribution < 1.29 is 4.74 Å². The molecule has 0 bridgehead atoms. The summed E-state index contributed by atoms with van der Waals surface area (Å²) < 4.78 is 5.91. The zero-order valence-corrected chi connectivity index (χ0v) is 13.4. The molecule has 1 atom stereocenters. The van der Waals surface area contributed by atoms with E-state index < -0.39 is 0 Å². The molecular weight excluding hydrogens is 305 g/mol. The molecule has 106 valence electrons. The second kappa shape index (κ2) is 6.19. The van der Waals surface area contributed by atoms with Crippen molar-refractivity contribution in [2.45, 2.75) is 32.1 Å². The number of nitrogens with zero attached hydrogens (tertiary/aromatic N) is 1. The standard InChI is InChI=1S/C14H18Cl3NO/c1-14(2)9-18(8-11(6-15)19-14)7-10-3-4-12(16)13(17)5-10/h3-5,11H,6-9H2,1-2H3. The summed E-state index contributed by atoms with van der Waals surface area (Å²) in [5.41, 5.74) is 0.981. The van der Waals surface area contributed by atoms with Gasteiger partial charge in [0, 0.05) is 25.5 Å². The SMILES string of the molecule is CC1(C)CN(Cc2ccc(Cl)c(Cl)c2)CC(CCl)O1. The number of halogens is 3. The van der Waals surface area contributed by atoms with Crippen LogP contribution in [0.1, 0.15) is 19.4 Å². The molecule has 1 aliphatic rings. The second-order valence-electron chi connectivity index (χ2n) is 5.57. The lowest BCUT2D eigenvalue weighted by Gasteiger charge is -2.42. The van der Waals surface area contributed by atoms with Crippen LogP contribution in [0.2, 0.25) is 10.0 Å². The van der Waals surface area contributed by atoms with Crippen molar-refractivity contribution in [3.05, 3.63) is 33.8 Å². The molecule has 0 aliphatic carbocycles. The van der Waals surface area contributed by atoms with Crippen LogP contribution >= 0.6 is 34.8 Å². The minimum Gasteiger partial charge on any atom is -0.368 e. The summed E-state index contributed by atoms with van der Waals surface area (Å²) in [7, 11) is 0. The van der Waals surface area contributed by atoms with E-state index in [1.54, 1.807) is 0 Å². The smallest absolute Gasteiger partial charge is 0.0845 e. The van der Waals surface area contributed by atoms with Crippen molar-refractivity contribution in [1.82, 2.24) is 4.90 Å². The Hall–Kier alpha value is 0.01000. The Bertz CT molecular complexity index is 450. The highest BCUT2D eigenvalue weighted by atomic mass is 35.5. The van der Waals surface area contributed by atoms with Crippen molar-refractivity contribution >= 4 is 34.8 Å². The molecule has 0 radical (unpaired) electrons. The Labute approximate surface area is 129 Å². The molecule has 1 saturated heterocycles. The van der Waals surface area contributed by atoms with Crippen molar-refractivity contribution in [2.75, 3.05) is 19.0 Å². The lowest BCUT2D eigenvalue weighted by Crippen LogP contribution is -2.52. The quantitative estimate of drug-likeness (QED) is 0.773. The van der Waals surface area contributed by atoms with Crippen LogP contribution in [-0.2, 0) is 11.3 Å². The van der Waals surface area contributed by atoms with Crippen LogP contribution in [-0.4, -0.2) is 35.6 Å². The predicted octanol–water partition coefficient (Wildman–Crippen LogP) is 4.21. The first-order valence-corrected chi connectivity index (χ1v) is 7.59. The first-order valence-electron chi connectivity index (χ1n) is 6.30. The number of hydrogen-bond donors (Lipinski definition) is 0. The fraction of sp³-hybridized carbons (Fsp3) is 0.571. The van der Waals surface area contributed by atoms with Crippen LogP contribution in [0.3, 0.4) is 0 Å². The molecule has 2 rings (SSSR count). The zero-order chi connectivity index (χ0) is 14.0. The predicted molar refractivity (Wildman–Crippen MR) is 81.4 cm³/mol. The Morgan fingerprint density at radius 2 is 2.05 bits per heavy atom. The number of benzene rings is 1. The van der Waals surface area contributed by atoms with Gasteiger partial charge >= 0.3 is 0 Å². The highest BCUT2D eigenvalue weighted by Gasteiger charge is 2.32. The molecule has 0 amide bonds. The summed E-state index contributed by atoms with van der Waals surface area (Å²) in [6.45, 7) is 6.73. The molecule has 19 heavy (non-hydrogen) atoms. The second-order valence-corrected chi connectivity index (χ2v) is 6.69. The van der Waals surface area contributed by atoms with Crippen LogP contribution in [0.5, 0.6) is 0 Å². The molecule has 0 spiro atoms. The lowest BCUT2D eigenvalue weighted by molar-refractivity contribution is -0.129. The van der Waals surface area contributed by atoms with Gasteiger partial charge in [-0.1, -0.05) is 29.3 Å². The fourth-order valence-electron chi connectivity index (χ4n) is 2.51. The average Bonchev–Trinajstić information content (AvgIpc) is 2.32. The van der Waals surface area contributed by atoms with Gasteiger partial charge in [-0.15, -0.1) is 11.6 Å². The van der Waals surface area contributed by atoms with Crippen molar-refractivity contribution in [3.8, 4) is 0 Å². The summed E-state index contributed by atoms with van der Waals surface area (Å²) in [5, 5.41) is 1.19. The number of hydrogen-bond acceptors (Lipinski definition) is 2. The zero-order valence-electron chi connectivity index (χ0n) is 11.1. The van der Waals surface area contributed by atoms with Crippen LogP contribution < -0.4 is 0 Å². The molecule has 0 saturated carbocycles. The third kappa shape index (κ3) is 4.24. The van der Waals surface area contributed by atoms with Crippen molar-refractivity contribution in [3.63, 3.8) is 0 Å². The normalized spacial score (nSPS) is 23.5. The van der Waals surface area contributed by atoms with E-state index in [1.807, 2.05) is 18.2 Å². The maximum absolute atomic E-state index is 6.05. The van der Waals surface area contributed by atoms with E-state index in [1.165, 1.54) is 0 Å². The molecule has 1 heterocycles. The van der Waals surface area contributed by atoms with Gasteiger partial charge in [0.1, 0.15) is 0 Å². The van der Waals surface area contributed by atoms with E-state index in [-0.39, 0.29) is 11.7 Å². The lowest BCUT2D eigenvalue weighted by atomic mass is 10.0. The van der Waals surface area contributed by atoms with E-state index in [4.69, 9.17) is 39.5 Å². The van der Waals surface area contributed by atoms with Gasteiger partial charge in [-0.25, -0.2) is 0 Å². The maximum Gasteiger partial charge on any atom is 0.0845 e. The van der Waals surface area contributed by atoms with Gasteiger partial charge in [0.05, 0.1) is 21.8 Å². The highest BCUT2D eigenvalue weighted by Crippen LogP contribution is 2.26. The molecule has 0 aromatic heterocycles. The molecule has 1 unspecified atom stereocenters. The Morgan fingerprint density at radius 3 is 2.68 bits per heavy atom. The van der Waals surface area contributed by atoms with Crippen LogP contribution in [0, 0.1) is 0 Å². The number of ether oxygens (including phenoxy) is 1. The van der Waals surface area contributed by atoms with E-state index in [2.05, 4.69) is 18.7 Å². The topological polar surface area (TPSA) is 12.5 Å². The Morgan fingerprint density at radius 1 is 1.32 bits per heavy atom. The average molecular weight is 323 g/mol. The molecule has 0 N–H and O–H groups in total. The minimum atomic E-state index is -0.173. The summed E-state index contributed by atoms with van der Waals surface area (Å²) in [5.74, 6) is 0.515. The van der Waals surface area contributed by atoms with Gasteiger partial charge in [-0.3, -0.25) is 4.90 Å². The maximum atomic E-state index is 6.05. The molecule has 2 nitrogen and oxygen atoms in total. The third-order valence-electron chi connectivity index (χ3n) is 3.11. The molecule has 1 aromatic carbocycles. The molecule has 1 aromatic rings. The Kier molecular flexibility index (Phi) is 5.02. The van der Waals surface area contributed by atoms with Gasteiger partial charge in [0.2, 0.25) is 0 Å². The third-order valence-corrected chi connectivity index (χ3v) is 4.20. The highest BCUT2D eigenvalue weighted by molar-refractivity contribution is 6.42. The van der Waals surface area contributed by atoms with E-state index >= 15 is 0 Å². The molecule has 5 heteroatoms. The number of morpholine rings is 1. The first kappa shape index (κ1) is 15.4. The first-order chi connectivity index (χ1) is 8.89. The van der Waals surface area contributed by atoms with Gasteiger partial charge < -0.3 is 4.74 Å². The molecule has 1 aliphatic heterocycles. The minimum absolute atomic E-state index is 0.0770. The number of alkyl halides is 1. The molecule has 1 fully saturated rings. The van der Waals surface area contributed by atoms with Gasteiger partial charge in [-0.2, -0.15) is 0 Å². The molecular formula is C14H18Cl3NO. The summed E-state index contributed by atoms with van der Waals surface area (Å²) in [4.78, 5) is 2.34. The van der Waals surface area contributed by atoms with E-state index in [0.29, 0.717) is 15.9 Å². The van der Waals surface area contributed by atoms with Gasteiger partial charge in [0.15, 0.2) is 0 Å². The van der Waals surface area contributed by atoms with E-state index in [0.717, 1.165) is 25.2 Å². The van der Waals surface area contributed by atoms with Crippen molar-refractivity contribution in [1.29, 1.82) is 0 Å². The largest absolute Gasteiger partial charge is 0.368 e. The van der Waals surface area contributed by atoms with Gasteiger partial charge in [0.25, 0.3) is 0 Å². The summed E-state index contributed by atoms with van der Waals surface area (Å²) >= 11 is 17.9. The van der Waals surface area contributed by atoms with Crippen LogP contribution in [0.15, 0.2) is 18.2 Å². The van der Waals surface area contributed by atoms with Crippen LogP contribution in [0.4, 0.5) is 0 Å².